The van der Waals surface area contributed by atoms with Gasteiger partial charge in [-0.1, -0.05) is 0 Å². The van der Waals surface area contributed by atoms with Crippen molar-refractivity contribution < 1.29 is 19.0 Å². The van der Waals surface area contributed by atoms with Crippen LogP contribution in [0.25, 0.3) is 0 Å². The van der Waals surface area contributed by atoms with E-state index in [4.69, 9.17) is 9.84 Å². The molecule has 0 radical (unpaired) electrons. The summed E-state index contributed by atoms with van der Waals surface area (Å²) in [6.07, 6.45) is 0. The summed E-state index contributed by atoms with van der Waals surface area (Å²) >= 11 is 3.81. The predicted octanol–water partition coefficient (Wildman–Crippen LogP) is 1.58. The molecule has 5 heteroatoms. The van der Waals surface area contributed by atoms with E-state index in [-0.39, 0.29) is 10.6 Å². The molecule has 0 aromatic heterocycles. The second-order valence-electron chi connectivity index (χ2n) is 2.30. The van der Waals surface area contributed by atoms with Crippen LogP contribution in [-0.4, -0.2) is 17.7 Å². The van der Waals surface area contributed by atoms with Gasteiger partial charge in [-0.15, -0.1) is 12.6 Å². The Balaban J connectivity index is 2.68. The van der Waals surface area contributed by atoms with Crippen LogP contribution in [0, 0.1) is 5.82 Å². The summed E-state index contributed by atoms with van der Waals surface area (Å²) in [6.45, 7) is -0.481. The molecule has 1 rings (SSSR count). The molecule has 0 saturated heterocycles. The van der Waals surface area contributed by atoms with Crippen molar-refractivity contribution in [3.8, 4) is 5.75 Å². The lowest BCUT2D eigenvalue weighted by Gasteiger charge is -2.03. The molecule has 1 aromatic carbocycles. The third-order valence-electron chi connectivity index (χ3n) is 1.28. The molecule has 0 unspecified atom stereocenters. The second-order valence-corrected chi connectivity index (χ2v) is 2.78. The Morgan fingerprint density at radius 1 is 1.62 bits per heavy atom. The van der Waals surface area contributed by atoms with Crippen molar-refractivity contribution in [1.29, 1.82) is 0 Å². The minimum absolute atomic E-state index is 0.178. The average molecular weight is 202 g/mol. The first-order chi connectivity index (χ1) is 6.09. The van der Waals surface area contributed by atoms with Crippen molar-refractivity contribution in [2.75, 3.05) is 6.61 Å². The zero-order chi connectivity index (χ0) is 9.84. The zero-order valence-corrected chi connectivity index (χ0v) is 7.42. The Labute approximate surface area is 79.6 Å². The normalized spacial score (nSPS) is 9.69. The van der Waals surface area contributed by atoms with Crippen LogP contribution in [0.4, 0.5) is 4.39 Å². The summed E-state index contributed by atoms with van der Waals surface area (Å²) in [4.78, 5) is 10.3. The van der Waals surface area contributed by atoms with Gasteiger partial charge in [-0.05, 0) is 12.1 Å². The number of hydrogen-bond acceptors (Lipinski definition) is 3. The van der Waals surface area contributed by atoms with Gasteiger partial charge in [0.2, 0.25) is 0 Å². The van der Waals surface area contributed by atoms with E-state index in [0.717, 1.165) is 6.07 Å². The fourth-order valence-electron chi connectivity index (χ4n) is 0.722. The van der Waals surface area contributed by atoms with E-state index in [1.54, 1.807) is 0 Å². The molecular formula is C8H7FO3S. The summed E-state index contributed by atoms with van der Waals surface area (Å²) in [7, 11) is 0. The van der Waals surface area contributed by atoms with Crippen molar-refractivity contribution in [3.63, 3.8) is 0 Å². The quantitative estimate of drug-likeness (QED) is 0.731. The molecule has 70 valence electrons. The number of hydrogen-bond donors (Lipinski definition) is 2. The highest BCUT2D eigenvalue weighted by Gasteiger charge is 2.02. The molecule has 1 N–H and O–H groups in total. The van der Waals surface area contributed by atoms with Gasteiger partial charge < -0.3 is 9.84 Å². The van der Waals surface area contributed by atoms with Crippen molar-refractivity contribution in [1.82, 2.24) is 0 Å². The van der Waals surface area contributed by atoms with E-state index in [0.29, 0.717) is 0 Å². The number of halogens is 1. The van der Waals surface area contributed by atoms with Crippen molar-refractivity contribution in [2.24, 2.45) is 0 Å². The smallest absolute Gasteiger partial charge is 0.341 e. The highest BCUT2D eigenvalue weighted by Crippen LogP contribution is 2.18. The second kappa shape index (κ2) is 4.13. The molecule has 1 aromatic rings. The van der Waals surface area contributed by atoms with Crippen LogP contribution in [0.2, 0.25) is 0 Å². The maximum Gasteiger partial charge on any atom is 0.341 e. The summed E-state index contributed by atoms with van der Waals surface area (Å²) < 4.78 is 17.5. The number of thiol groups is 1. The van der Waals surface area contributed by atoms with Gasteiger partial charge in [0.25, 0.3) is 0 Å². The van der Waals surface area contributed by atoms with Crippen molar-refractivity contribution in [2.45, 2.75) is 4.90 Å². The van der Waals surface area contributed by atoms with Gasteiger partial charge in [-0.3, -0.25) is 0 Å². The first-order valence-electron chi connectivity index (χ1n) is 3.42. The van der Waals surface area contributed by atoms with Crippen LogP contribution in [0.3, 0.4) is 0 Å². The third kappa shape index (κ3) is 2.95. The first-order valence-corrected chi connectivity index (χ1v) is 3.87. The molecule has 0 fully saturated rings. The summed E-state index contributed by atoms with van der Waals surface area (Å²) in [6, 6.07) is 3.94. The van der Waals surface area contributed by atoms with Gasteiger partial charge >= 0.3 is 5.97 Å². The van der Waals surface area contributed by atoms with Crippen LogP contribution in [0.1, 0.15) is 0 Å². The van der Waals surface area contributed by atoms with Gasteiger partial charge in [0, 0.05) is 11.0 Å². The van der Waals surface area contributed by atoms with Gasteiger partial charge in [-0.25, -0.2) is 9.18 Å². The Morgan fingerprint density at radius 2 is 2.31 bits per heavy atom. The fourth-order valence-corrected chi connectivity index (χ4v) is 0.862. The number of carbonyl (C=O) groups is 1. The largest absolute Gasteiger partial charge is 0.482 e. The molecule has 0 atom stereocenters. The van der Waals surface area contributed by atoms with Crippen LogP contribution in [0.5, 0.6) is 5.75 Å². The SMILES string of the molecule is O=C(O)COc1ccc(S)c(F)c1. The molecular weight excluding hydrogens is 195 g/mol. The number of rotatable bonds is 3. The standard InChI is InChI=1S/C8H7FO3S/c9-6-3-5(1-2-7(6)13)12-4-8(10)11/h1-3,13H,4H2,(H,10,11). The van der Waals surface area contributed by atoms with E-state index in [9.17, 15) is 9.18 Å². The lowest BCUT2D eigenvalue weighted by Crippen LogP contribution is -2.09. The molecule has 13 heavy (non-hydrogen) atoms. The van der Waals surface area contributed by atoms with E-state index < -0.39 is 18.4 Å². The average Bonchev–Trinajstić information content (AvgIpc) is 2.07. The molecule has 0 aliphatic carbocycles. The lowest BCUT2D eigenvalue weighted by atomic mass is 10.3. The molecule has 0 spiro atoms. The number of ether oxygens (including phenoxy) is 1. The molecule has 0 aliphatic heterocycles. The Morgan fingerprint density at radius 3 is 2.85 bits per heavy atom. The Hall–Kier alpha value is -1.23. The maximum atomic E-state index is 12.8. The van der Waals surface area contributed by atoms with Crippen LogP contribution in [-0.2, 0) is 4.79 Å². The summed E-state index contributed by atoms with van der Waals surface area (Å²) in [5.74, 6) is -1.46. The molecule has 0 saturated carbocycles. The van der Waals surface area contributed by atoms with E-state index in [2.05, 4.69) is 12.6 Å². The maximum absolute atomic E-state index is 12.8. The van der Waals surface area contributed by atoms with Gasteiger partial charge in [0.15, 0.2) is 6.61 Å². The van der Waals surface area contributed by atoms with E-state index in [1.165, 1.54) is 12.1 Å². The van der Waals surface area contributed by atoms with Gasteiger partial charge in [0.1, 0.15) is 11.6 Å². The molecule has 0 aliphatic rings. The first kappa shape index (κ1) is 9.85. The van der Waals surface area contributed by atoms with Crippen LogP contribution in [0.15, 0.2) is 23.1 Å². The fraction of sp³-hybridized carbons (Fsp3) is 0.125. The third-order valence-corrected chi connectivity index (χ3v) is 1.64. The van der Waals surface area contributed by atoms with Gasteiger partial charge in [0.05, 0.1) is 0 Å². The topological polar surface area (TPSA) is 46.5 Å². The van der Waals surface area contributed by atoms with Crippen molar-refractivity contribution in [3.05, 3.63) is 24.0 Å². The molecule has 0 bridgehead atoms. The number of benzene rings is 1. The van der Waals surface area contributed by atoms with Crippen molar-refractivity contribution >= 4 is 18.6 Å². The van der Waals surface area contributed by atoms with Crippen LogP contribution >= 0.6 is 12.6 Å². The minimum atomic E-state index is -1.10. The van der Waals surface area contributed by atoms with Crippen LogP contribution < -0.4 is 4.74 Å². The molecule has 3 nitrogen and oxygen atoms in total. The van der Waals surface area contributed by atoms with Gasteiger partial charge in [-0.2, -0.15) is 0 Å². The lowest BCUT2D eigenvalue weighted by molar-refractivity contribution is -0.139. The molecule has 0 amide bonds. The minimum Gasteiger partial charge on any atom is -0.482 e. The number of carboxylic acids is 1. The Bertz CT molecular complexity index is 327. The predicted molar refractivity (Wildman–Crippen MR) is 46.8 cm³/mol. The highest BCUT2D eigenvalue weighted by atomic mass is 32.1. The molecule has 0 heterocycles. The summed E-state index contributed by atoms with van der Waals surface area (Å²) in [5.41, 5.74) is 0. The Kier molecular flexibility index (Phi) is 3.13. The monoisotopic (exact) mass is 202 g/mol. The highest BCUT2D eigenvalue weighted by molar-refractivity contribution is 7.80. The zero-order valence-electron chi connectivity index (χ0n) is 6.53. The summed E-state index contributed by atoms with van der Waals surface area (Å²) in [5, 5.41) is 8.26. The van der Waals surface area contributed by atoms with E-state index in [1.807, 2.05) is 0 Å². The number of aliphatic carboxylic acids is 1. The van der Waals surface area contributed by atoms with E-state index >= 15 is 0 Å². The number of carboxylic acid groups (broad SMARTS) is 1.